The average molecular weight is 391 g/mol. The molecule has 0 aliphatic heterocycles. The first kappa shape index (κ1) is 17.8. The second-order valence-corrected chi connectivity index (χ2v) is 5.90. The summed E-state index contributed by atoms with van der Waals surface area (Å²) in [5.41, 5.74) is 0.958. The molecule has 10 heteroatoms. The van der Waals surface area contributed by atoms with E-state index in [0.29, 0.717) is 17.3 Å². The maximum Gasteiger partial charge on any atom is 0.353 e. The third kappa shape index (κ3) is 3.98. The fourth-order valence-electron chi connectivity index (χ4n) is 2.19. The molecular formula is C16H12Cl2N6O2. The van der Waals surface area contributed by atoms with Crippen molar-refractivity contribution >= 4 is 46.2 Å². The van der Waals surface area contributed by atoms with Crippen molar-refractivity contribution in [2.75, 3.05) is 10.6 Å². The number of nitrogens with one attached hydrogen (secondary N) is 2. The minimum atomic E-state index is -0.563. The molecule has 0 saturated heterocycles. The summed E-state index contributed by atoms with van der Waals surface area (Å²) in [6, 6.07) is 8.55. The summed E-state index contributed by atoms with van der Waals surface area (Å²) >= 11 is 12.1. The van der Waals surface area contributed by atoms with E-state index in [1.807, 2.05) is 6.07 Å². The van der Waals surface area contributed by atoms with Crippen molar-refractivity contribution in [2.24, 2.45) is 0 Å². The predicted molar refractivity (Wildman–Crippen MR) is 100.0 cm³/mol. The molecule has 0 radical (unpaired) electrons. The number of anilines is 3. The fraction of sp³-hybridized carbons (Fsp3) is 0.0625. The van der Waals surface area contributed by atoms with Crippen LogP contribution in [-0.4, -0.2) is 19.9 Å². The third-order valence-electron chi connectivity index (χ3n) is 3.39. The lowest BCUT2D eigenvalue weighted by Crippen LogP contribution is -2.08. The number of nitrogens with zero attached hydrogens (tertiary/aromatic N) is 4. The summed E-state index contributed by atoms with van der Waals surface area (Å²) in [4.78, 5) is 22.9. The van der Waals surface area contributed by atoms with Crippen molar-refractivity contribution in [3.8, 4) is 0 Å². The molecule has 0 atom stereocenters. The van der Waals surface area contributed by atoms with Crippen molar-refractivity contribution < 1.29 is 4.92 Å². The SMILES string of the molecule is O=[N+]([O-])c1c(NCc2cccnc2)ncnc1Nc1cccc(Cl)c1Cl. The monoisotopic (exact) mass is 390 g/mol. The summed E-state index contributed by atoms with van der Waals surface area (Å²) in [7, 11) is 0. The maximum atomic E-state index is 11.6. The van der Waals surface area contributed by atoms with Gasteiger partial charge in [0, 0.05) is 18.9 Å². The molecule has 3 rings (SSSR count). The first-order valence-corrected chi connectivity index (χ1v) is 8.15. The van der Waals surface area contributed by atoms with E-state index in [1.165, 1.54) is 6.33 Å². The van der Waals surface area contributed by atoms with Gasteiger partial charge in [-0.15, -0.1) is 0 Å². The topological polar surface area (TPSA) is 106 Å². The Balaban J connectivity index is 1.91. The van der Waals surface area contributed by atoms with E-state index in [-0.39, 0.29) is 22.3 Å². The summed E-state index contributed by atoms with van der Waals surface area (Å²) in [5, 5.41) is 17.9. The molecule has 2 aromatic heterocycles. The highest BCUT2D eigenvalue weighted by molar-refractivity contribution is 6.43. The van der Waals surface area contributed by atoms with Gasteiger partial charge in [-0.05, 0) is 23.8 Å². The van der Waals surface area contributed by atoms with Gasteiger partial charge in [0.15, 0.2) is 0 Å². The van der Waals surface area contributed by atoms with Crippen molar-refractivity contribution in [1.29, 1.82) is 0 Å². The molecule has 2 heterocycles. The average Bonchev–Trinajstić information content (AvgIpc) is 2.64. The number of pyridine rings is 1. The van der Waals surface area contributed by atoms with Crippen LogP contribution in [0.25, 0.3) is 0 Å². The smallest absolute Gasteiger partial charge is 0.353 e. The summed E-state index contributed by atoms with van der Waals surface area (Å²) in [6.07, 6.45) is 4.53. The molecule has 0 amide bonds. The maximum absolute atomic E-state index is 11.6. The Labute approximate surface area is 158 Å². The largest absolute Gasteiger partial charge is 0.360 e. The van der Waals surface area contributed by atoms with Crippen molar-refractivity contribution in [1.82, 2.24) is 15.0 Å². The van der Waals surface area contributed by atoms with Crippen molar-refractivity contribution in [2.45, 2.75) is 6.54 Å². The van der Waals surface area contributed by atoms with Gasteiger partial charge >= 0.3 is 5.69 Å². The molecule has 26 heavy (non-hydrogen) atoms. The number of benzene rings is 1. The minimum absolute atomic E-state index is 0.00264. The van der Waals surface area contributed by atoms with Crippen molar-refractivity contribution in [3.05, 3.63) is 74.8 Å². The van der Waals surface area contributed by atoms with E-state index in [1.54, 1.807) is 36.7 Å². The van der Waals surface area contributed by atoms with Gasteiger partial charge in [-0.1, -0.05) is 35.3 Å². The minimum Gasteiger partial charge on any atom is -0.360 e. The molecule has 3 aromatic rings. The molecule has 0 aliphatic rings. The highest BCUT2D eigenvalue weighted by atomic mass is 35.5. The van der Waals surface area contributed by atoms with Gasteiger partial charge in [0.05, 0.1) is 20.7 Å². The molecule has 0 saturated carbocycles. The van der Waals surface area contributed by atoms with Crippen LogP contribution in [0.1, 0.15) is 5.56 Å². The predicted octanol–water partition coefficient (Wildman–Crippen LogP) is 4.44. The lowest BCUT2D eigenvalue weighted by atomic mass is 10.3. The number of rotatable bonds is 6. The number of aromatic nitrogens is 3. The van der Waals surface area contributed by atoms with Crippen LogP contribution in [-0.2, 0) is 6.54 Å². The molecule has 0 bridgehead atoms. The quantitative estimate of drug-likeness (QED) is 0.473. The lowest BCUT2D eigenvalue weighted by Gasteiger charge is -2.11. The Bertz CT molecular complexity index is 939. The third-order valence-corrected chi connectivity index (χ3v) is 4.21. The standard InChI is InChI=1S/C16H12Cl2N6O2/c17-11-4-1-5-12(13(11)18)23-16-14(24(25)26)15(21-9-22-16)20-8-10-3-2-6-19-7-10/h1-7,9H,8H2,(H2,20,21,22,23). The van der Waals surface area contributed by atoms with E-state index in [4.69, 9.17) is 23.2 Å². The molecule has 2 N–H and O–H groups in total. The van der Waals surface area contributed by atoms with Gasteiger partial charge < -0.3 is 10.6 Å². The Kier molecular flexibility index (Phi) is 5.45. The molecule has 0 aliphatic carbocycles. The van der Waals surface area contributed by atoms with E-state index in [0.717, 1.165) is 5.56 Å². The Morgan fingerprint density at radius 2 is 1.92 bits per heavy atom. The van der Waals surface area contributed by atoms with Crippen LogP contribution in [0.15, 0.2) is 49.1 Å². The highest BCUT2D eigenvalue weighted by Gasteiger charge is 2.23. The van der Waals surface area contributed by atoms with Crippen LogP contribution in [0.3, 0.4) is 0 Å². The molecular weight excluding hydrogens is 379 g/mol. The molecule has 0 unspecified atom stereocenters. The second kappa shape index (κ2) is 7.94. The summed E-state index contributed by atoms with van der Waals surface area (Å²) in [5.74, 6) is 0.0809. The van der Waals surface area contributed by atoms with E-state index < -0.39 is 4.92 Å². The van der Waals surface area contributed by atoms with Gasteiger partial charge in [-0.3, -0.25) is 15.1 Å². The van der Waals surface area contributed by atoms with Crippen LogP contribution in [0, 0.1) is 10.1 Å². The highest BCUT2D eigenvalue weighted by Crippen LogP contribution is 2.35. The molecule has 132 valence electrons. The second-order valence-electron chi connectivity index (χ2n) is 5.12. The zero-order valence-electron chi connectivity index (χ0n) is 13.2. The Morgan fingerprint density at radius 1 is 1.12 bits per heavy atom. The molecule has 8 nitrogen and oxygen atoms in total. The molecule has 1 aromatic carbocycles. The van der Waals surface area contributed by atoms with E-state index in [2.05, 4.69) is 25.6 Å². The van der Waals surface area contributed by atoms with Crippen LogP contribution < -0.4 is 10.6 Å². The van der Waals surface area contributed by atoms with Gasteiger partial charge in [0.2, 0.25) is 11.6 Å². The van der Waals surface area contributed by atoms with E-state index >= 15 is 0 Å². The van der Waals surface area contributed by atoms with E-state index in [9.17, 15) is 10.1 Å². The van der Waals surface area contributed by atoms with Gasteiger partial charge in [0.1, 0.15) is 6.33 Å². The zero-order chi connectivity index (χ0) is 18.5. The first-order valence-electron chi connectivity index (χ1n) is 7.39. The van der Waals surface area contributed by atoms with Gasteiger partial charge in [-0.2, -0.15) is 0 Å². The first-order chi connectivity index (χ1) is 12.6. The molecule has 0 fully saturated rings. The van der Waals surface area contributed by atoms with Crippen LogP contribution in [0.4, 0.5) is 23.0 Å². The van der Waals surface area contributed by atoms with Crippen LogP contribution >= 0.6 is 23.2 Å². The zero-order valence-corrected chi connectivity index (χ0v) is 14.7. The number of nitro groups is 1. The van der Waals surface area contributed by atoms with Crippen molar-refractivity contribution in [3.63, 3.8) is 0 Å². The Hall–Kier alpha value is -2.97. The normalized spacial score (nSPS) is 10.4. The van der Waals surface area contributed by atoms with Gasteiger partial charge in [-0.25, -0.2) is 9.97 Å². The van der Waals surface area contributed by atoms with Gasteiger partial charge in [0.25, 0.3) is 0 Å². The number of hydrogen-bond acceptors (Lipinski definition) is 7. The lowest BCUT2D eigenvalue weighted by molar-refractivity contribution is -0.383. The van der Waals surface area contributed by atoms with Crippen LogP contribution in [0.2, 0.25) is 10.0 Å². The number of halogens is 2. The summed E-state index contributed by atoms with van der Waals surface area (Å²) < 4.78 is 0. The molecule has 0 spiro atoms. The summed E-state index contributed by atoms with van der Waals surface area (Å²) in [6.45, 7) is 0.322. The van der Waals surface area contributed by atoms with Crippen LogP contribution in [0.5, 0.6) is 0 Å². The number of hydrogen-bond donors (Lipinski definition) is 2. The fourth-order valence-corrected chi connectivity index (χ4v) is 2.54. The Morgan fingerprint density at radius 3 is 2.65 bits per heavy atom.